The van der Waals surface area contributed by atoms with Crippen LogP contribution in [-0.2, 0) is 18.4 Å². The van der Waals surface area contributed by atoms with Crippen molar-refractivity contribution in [1.29, 1.82) is 0 Å². The summed E-state index contributed by atoms with van der Waals surface area (Å²) >= 11 is 5.06. The number of hydrogen-bond donors (Lipinski definition) is 1. The average molecular weight is 699 g/mol. The van der Waals surface area contributed by atoms with E-state index >= 15 is 0 Å². The van der Waals surface area contributed by atoms with Crippen molar-refractivity contribution in [2.45, 2.75) is 77.2 Å². The summed E-state index contributed by atoms with van der Waals surface area (Å²) < 4.78 is 25.3. The van der Waals surface area contributed by atoms with Crippen molar-refractivity contribution in [3.63, 3.8) is 0 Å². The first-order valence-electron chi connectivity index (χ1n) is 18.2. The van der Waals surface area contributed by atoms with Crippen LogP contribution in [0.25, 0.3) is 28.0 Å². The molecule has 0 atom stereocenters. The highest BCUT2D eigenvalue weighted by atomic mass is 32.1. The number of benzene rings is 5. The summed E-state index contributed by atoms with van der Waals surface area (Å²) in [5, 5.41) is 2.15. The van der Waals surface area contributed by atoms with Gasteiger partial charge in [0.2, 0.25) is 0 Å². The van der Waals surface area contributed by atoms with E-state index in [4.69, 9.17) is 31.6 Å². The lowest BCUT2D eigenvalue weighted by molar-refractivity contribution is 0.157. The first-order valence-corrected chi connectivity index (χ1v) is 18.6. The molecular formula is C46H50O4S. The summed E-state index contributed by atoms with van der Waals surface area (Å²) in [5.41, 5.74) is 7.82. The summed E-state index contributed by atoms with van der Waals surface area (Å²) in [5.74, 6) is 3.23. The Balaban J connectivity index is 1.39. The molecule has 1 aliphatic carbocycles. The van der Waals surface area contributed by atoms with Crippen LogP contribution in [0.5, 0.6) is 23.0 Å². The van der Waals surface area contributed by atoms with Crippen LogP contribution in [0, 0.1) is 10.8 Å². The van der Waals surface area contributed by atoms with Gasteiger partial charge in [0.1, 0.15) is 23.0 Å². The largest absolute Gasteiger partial charge is 0.497 e. The van der Waals surface area contributed by atoms with E-state index < -0.39 is 5.60 Å². The van der Waals surface area contributed by atoms with Crippen LogP contribution < -0.4 is 18.9 Å². The molecular weight excluding hydrogens is 649 g/mol. The predicted octanol–water partition coefficient (Wildman–Crippen LogP) is 11.9. The molecule has 5 aromatic rings. The molecule has 51 heavy (non-hydrogen) atoms. The standard InChI is InChI=1S/C46H50O4S/c1-44(2,3)24-10-25-45(4,5)29-49-40-27-39-38(28-41(40)51)42-35-12-9-8-11-30(35)13-22-36(42)37-23-26-46(50-43(37)39,31-14-18-33(47-6)19-15-31)32-16-20-34(48-7)21-17-32/h8-9,11-12,14-21,23,26-28,51H,10,13,22,24-25,29H2,1-7H3. The van der Waals surface area contributed by atoms with Crippen molar-refractivity contribution < 1.29 is 18.9 Å². The molecule has 0 radical (unpaired) electrons. The molecule has 0 saturated carbocycles. The number of methoxy groups -OCH3 is 2. The highest BCUT2D eigenvalue weighted by Crippen LogP contribution is 2.53. The number of hydrogen-bond acceptors (Lipinski definition) is 5. The van der Waals surface area contributed by atoms with E-state index in [0.717, 1.165) is 74.6 Å². The Labute approximate surface area is 309 Å². The third-order valence-corrected chi connectivity index (χ3v) is 10.9. The van der Waals surface area contributed by atoms with E-state index in [1.165, 1.54) is 35.1 Å². The van der Waals surface area contributed by atoms with Gasteiger partial charge in [0.25, 0.3) is 0 Å². The van der Waals surface area contributed by atoms with E-state index in [0.29, 0.717) is 12.0 Å². The average Bonchev–Trinajstić information content (AvgIpc) is 3.13. The maximum absolute atomic E-state index is 7.48. The molecule has 5 aromatic carbocycles. The van der Waals surface area contributed by atoms with Crippen LogP contribution in [0.2, 0.25) is 0 Å². The van der Waals surface area contributed by atoms with Gasteiger partial charge in [0.15, 0.2) is 5.60 Å². The highest BCUT2D eigenvalue weighted by molar-refractivity contribution is 7.80. The van der Waals surface area contributed by atoms with E-state index in [2.05, 4.69) is 107 Å². The minimum absolute atomic E-state index is 0.0196. The summed E-state index contributed by atoms with van der Waals surface area (Å²) in [7, 11) is 3.38. The zero-order chi connectivity index (χ0) is 36.0. The van der Waals surface area contributed by atoms with Crippen LogP contribution in [0.4, 0.5) is 0 Å². The zero-order valence-corrected chi connectivity index (χ0v) is 32.0. The molecule has 1 heterocycles. The molecule has 0 fully saturated rings. The molecule has 5 heteroatoms. The third kappa shape index (κ3) is 6.85. The van der Waals surface area contributed by atoms with Gasteiger partial charge in [-0.1, -0.05) is 95.6 Å². The lowest BCUT2D eigenvalue weighted by Crippen LogP contribution is -2.34. The first-order chi connectivity index (χ1) is 24.4. The summed E-state index contributed by atoms with van der Waals surface area (Å²) in [4.78, 5) is 0.834. The molecule has 2 aliphatic rings. The van der Waals surface area contributed by atoms with Crippen LogP contribution in [-0.4, -0.2) is 20.8 Å². The van der Waals surface area contributed by atoms with Crippen LogP contribution >= 0.6 is 12.6 Å². The van der Waals surface area contributed by atoms with E-state index in [9.17, 15) is 0 Å². The van der Waals surface area contributed by atoms with Crippen LogP contribution in [0.15, 0.2) is 95.9 Å². The van der Waals surface area contributed by atoms with Gasteiger partial charge in [-0.25, -0.2) is 0 Å². The second-order valence-electron chi connectivity index (χ2n) is 16.1. The number of fused-ring (bicyclic) bond motifs is 8. The van der Waals surface area contributed by atoms with Crippen molar-refractivity contribution in [2.24, 2.45) is 10.8 Å². The van der Waals surface area contributed by atoms with Crippen LogP contribution in [0.3, 0.4) is 0 Å². The lowest BCUT2D eigenvalue weighted by Gasteiger charge is -2.38. The number of ether oxygens (including phenoxy) is 4. The van der Waals surface area contributed by atoms with Crippen molar-refractivity contribution in [2.75, 3.05) is 20.8 Å². The predicted molar refractivity (Wildman–Crippen MR) is 213 cm³/mol. The molecule has 7 rings (SSSR count). The molecule has 0 saturated heterocycles. The Hall–Kier alpha value is -4.35. The van der Waals surface area contributed by atoms with Gasteiger partial charge >= 0.3 is 0 Å². The summed E-state index contributed by atoms with van der Waals surface area (Å²) in [6.45, 7) is 12.1. The van der Waals surface area contributed by atoms with Gasteiger partial charge in [-0.2, -0.15) is 0 Å². The second-order valence-corrected chi connectivity index (χ2v) is 16.6. The van der Waals surface area contributed by atoms with Crippen molar-refractivity contribution in [1.82, 2.24) is 0 Å². The highest BCUT2D eigenvalue weighted by Gasteiger charge is 2.40. The van der Waals surface area contributed by atoms with Gasteiger partial charge in [-0.05, 0) is 107 Å². The molecule has 0 spiro atoms. The molecule has 0 unspecified atom stereocenters. The van der Waals surface area contributed by atoms with Gasteiger partial charge in [0, 0.05) is 27.0 Å². The number of rotatable bonds is 10. The Morgan fingerprint density at radius 2 is 1.41 bits per heavy atom. The fourth-order valence-corrected chi connectivity index (χ4v) is 8.00. The van der Waals surface area contributed by atoms with E-state index in [1.54, 1.807) is 14.2 Å². The Bertz CT molecular complexity index is 2040. The zero-order valence-electron chi connectivity index (χ0n) is 31.1. The summed E-state index contributed by atoms with van der Waals surface area (Å²) in [6, 6.07) is 29.5. The van der Waals surface area contributed by atoms with Crippen molar-refractivity contribution in [3.8, 4) is 34.1 Å². The van der Waals surface area contributed by atoms with Gasteiger partial charge in [-0.3, -0.25) is 0 Å². The van der Waals surface area contributed by atoms with Crippen LogP contribution in [0.1, 0.15) is 81.7 Å². The Morgan fingerprint density at radius 3 is 2.04 bits per heavy atom. The monoisotopic (exact) mass is 698 g/mol. The van der Waals surface area contributed by atoms with Crippen molar-refractivity contribution >= 4 is 29.5 Å². The Morgan fingerprint density at radius 1 is 0.765 bits per heavy atom. The van der Waals surface area contributed by atoms with Gasteiger partial charge < -0.3 is 18.9 Å². The normalized spacial score (nSPS) is 14.7. The smallest absolute Gasteiger partial charge is 0.178 e. The number of aryl methyl sites for hydroxylation is 1. The maximum atomic E-state index is 7.48. The van der Waals surface area contributed by atoms with E-state index in [1.807, 2.05) is 24.3 Å². The molecule has 264 valence electrons. The minimum Gasteiger partial charge on any atom is -0.497 e. The lowest BCUT2D eigenvalue weighted by atomic mass is 9.77. The fourth-order valence-electron chi connectivity index (χ4n) is 7.75. The molecule has 4 nitrogen and oxygen atoms in total. The molecule has 1 aliphatic heterocycles. The number of thiol groups is 1. The SMILES string of the molecule is COc1ccc(C2(c3ccc(OC)cc3)C=Cc3c4c(c5cc(S)c(OCC(C)(C)CCCC(C)(C)C)cc5c3O2)-c2ccccc2CC4)cc1. The minimum atomic E-state index is -0.894. The molecule has 0 amide bonds. The third-order valence-electron chi connectivity index (χ3n) is 10.6. The Kier molecular flexibility index (Phi) is 9.39. The van der Waals surface area contributed by atoms with Gasteiger partial charge in [-0.15, -0.1) is 12.6 Å². The topological polar surface area (TPSA) is 36.9 Å². The fraction of sp³-hybridized carbons (Fsp3) is 0.348. The van der Waals surface area contributed by atoms with E-state index in [-0.39, 0.29) is 5.41 Å². The van der Waals surface area contributed by atoms with Gasteiger partial charge in [0.05, 0.1) is 20.8 Å². The molecule has 0 N–H and O–H groups in total. The second kappa shape index (κ2) is 13.7. The van der Waals surface area contributed by atoms with Crippen molar-refractivity contribution in [3.05, 3.63) is 119 Å². The summed E-state index contributed by atoms with van der Waals surface area (Å²) in [6.07, 6.45) is 9.87. The quantitative estimate of drug-likeness (QED) is 0.147. The maximum Gasteiger partial charge on any atom is 0.178 e. The molecule has 0 bridgehead atoms. The first kappa shape index (κ1) is 35.1. The molecule has 0 aromatic heterocycles.